The van der Waals surface area contributed by atoms with Crippen molar-refractivity contribution >= 4 is 11.6 Å². The zero-order valence-corrected chi connectivity index (χ0v) is 11.6. The Bertz CT molecular complexity index is 611. The molecule has 1 saturated heterocycles. The minimum Gasteiger partial charge on any atom is -0.351 e. The van der Waals surface area contributed by atoms with Gasteiger partial charge in [-0.05, 0) is 24.6 Å². The molecule has 0 bridgehead atoms. The molecule has 0 spiro atoms. The van der Waals surface area contributed by atoms with Crippen molar-refractivity contribution in [2.24, 2.45) is 0 Å². The molecule has 1 amide bonds. The van der Waals surface area contributed by atoms with Crippen LogP contribution in [0.1, 0.15) is 18.6 Å². The largest absolute Gasteiger partial charge is 0.351 e. The van der Waals surface area contributed by atoms with E-state index in [1.165, 1.54) is 0 Å². The Hall–Kier alpha value is -2.13. The predicted octanol–water partition coefficient (Wildman–Crippen LogP) is 3.18. The molecular formula is C17H17NO2. The fourth-order valence-corrected chi connectivity index (χ4v) is 2.49. The SMILES string of the molecule is CN(C(=O)[C@]1(C)O[C@@H]1c1ccccc1)c1ccccc1. The molecule has 2 aromatic carbocycles. The number of hydrogen-bond donors (Lipinski definition) is 0. The van der Waals surface area contributed by atoms with Crippen LogP contribution in [0.5, 0.6) is 0 Å². The Kier molecular flexibility index (Phi) is 3.07. The van der Waals surface area contributed by atoms with E-state index in [2.05, 4.69) is 0 Å². The normalized spacial score (nSPS) is 24.2. The van der Waals surface area contributed by atoms with Crippen molar-refractivity contribution < 1.29 is 9.53 Å². The second-order valence-electron chi connectivity index (χ2n) is 5.22. The number of epoxide rings is 1. The van der Waals surface area contributed by atoms with E-state index in [4.69, 9.17) is 4.74 Å². The summed E-state index contributed by atoms with van der Waals surface area (Å²) in [6.07, 6.45) is -0.151. The molecule has 1 fully saturated rings. The van der Waals surface area contributed by atoms with Gasteiger partial charge in [-0.25, -0.2) is 0 Å². The zero-order chi connectivity index (χ0) is 14.2. The molecule has 1 aliphatic rings. The van der Waals surface area contributed by atoms with Crippen LogP contribution in [-0.4, -0.2) is 18.6 Å². The van der Waals surface area contributed by atoms with Crippen LogP contribution in [0.3, 0.4) is 0 Å². The number of carbonyl (C=O) groups excluding carboxylic acids is 1. The van der Waals surface area contributed by atoms with Crippen molar-refractivity contribution in [2.75, 3.05) is 11.9 Å². The van der Waals surface area contributed by atoms with Crippen LogP contribution in [0.25, 0.3) is 0 Å². The number of ether oxygens (including phenoxy) is 1. The molecule has 102 valence electrons. The smallest absolute Gasteiger partial charge is 0.261 e. The summed E-state index contributed by atoms with van der Waals surface area (Å²) in [5.41, 5.74) is 1.16. The summed E-state index contributed by atoms with van der Waals surface area (Å²) in [4.78, 5) is 14.3. The number of amides is 1. The summed E-state index contributed by atoms with van der Waals surface area (Å²) in [5, 5.41) is 0. The summed E-state index contributed by atoms with van der Waals surface area (Å²) in [7, 11) is 1.78. The molecule has 2 aromatic rings. The summed E-state index contributed by atoms with van der Waals surface area (Å²) in [6.45, 7) is 1.85. The zero-order valence-electron chi connectivity index (χ0n) is 11.6. The van der Waals surface area contributed by atoms with E-state index < -0.39 is 5.60 Å². The first-order valence-corrected chi connectivity index (χ1v) is 6.69. The van der Waals surface area contributed by atoms with Crippen LogP contribution in [-0.2, 0) is 9.53 Å². The molecule has 0 saturated carbocycles. The summed E-state index contributed by atoms with van der Waals surface area (Å²) < 4.78 is 5.70. The Morgan fingerprint density at radius 3 is 2.20 bits per heavy atom. The van der Waals surface area contributed by atoms with Crippen LogP contribution in [0.15, 0.2) is 60.7 Å². The standard InChI is InChI=1S/C17H17NO2/c1-17(15(20-17)13-9-5-3-6-10-13)16(19)18(2)14-11-7-4-8-12-14/h3-12,15H,1-2H3/t15-,17-/m1/s1. The van der Waals surface area contributed by atoms with Crippen molar-refractivity contribution in [3.8, 4) is 0 Å². The van der Waals surface area contributed by atoms with Gasteiger partial charge >= 0.3 is 0 Å². The molecule has 0 N–H and O–H groups in total. The minimum atomic E-state index is -0.758. The highest BCUT2D eigenvalue weighted by molar-refractivity contribution is 6.01. The number of carbonyl (C=O) groups is 1. The molecule has 0 aromatic heterocycles. The lowest BCUT2D eigenvalue weighted by Crippen LogP contribution is -2.37. The van der Waals surface area contributed by atoms with Crippen molar-refractivity contribution in [1.82, 2.24) is 0 Å². The first kappa shape index (κ1) is 12.9. The fraction of sp³-hybridized carbons (Fsp3) is 0.235. The van der Waals surface area contributed by atoms with E-state index in [0.717, 1.165) is 11.3 Å². The summed E-state index contributed by atoms with van der Waals surface area (Å²) >= 11 is 0. The number of nitrogens with zero attached hydrogens (tertiary/aromatic N) is 1. The highest BCUT2D eigenvalue weighted by atomic mass is 16.6. The van der Waals surface area contributed by atoms with Crippen molar-refractivity contribution in [3.05, 3.63) is 66.2 Å². The Morgan fingerprint density at radius 1 is 1.05 bits per heavy atom. The Labute approximate surface area is 118 Å². The van der Waals surface area contributed by atoms with Gasteiger partial charge in [-0.1, -0.05) is 48.5 Å². The highest BCUT2D eigenvalue weighted by Gasteiger charge is 2.60. The summed E-state index contributed by atoms with van der Waals surface area (Å²) in [5.74, 6) is -0.0162. The van der Waals surface area contributed by atoms with Gasteiger partial charge in [0.2, 0.25) is 0 Å². The van der Waals surface area contributed by atoms with Crippen LogP contribution >= 0.6 is 0 Å². The topological polar surface area (TPSA) is 32.8 Å². The van der Waals surface area contributed by atoms with E-state index in [-0.39, 0.29) is 12.0 Å². The molecule has 1 aliphatic heterocycles. The van der Waals surface area contributed by atoms with Crippen molar-refractivity contribution in [3.63, 3.8) is 0 Å². The van der Waals surface area contributed by atoms with Crippen LogP contribution in [0.2, 0.25) is 0 Å². The molecule has 0 unspecified atom stereocenters. The first-order valence-electron chi connectivity index (χ1n) is 6.69. The van der Waals surface area contributed by atoms with E-state index in [9.17, 15) is 4.79 Å². The second-order valence-corrected chi connectivity index (χ2v) is 5.22. The maximum atomic E-state index is 12.6. The molecule has 0 aliphatic carbocycles. The van der Waals surface area contributed by atoms with Gasteiger partial charge in [0, 0.05) is 12.7 Å². The fourth-order valence-electron chi connectivity index (χ4n) is 2.49. The average Bonchev–Trinajstić information content (AvgIpc) is 3.21. The van der Waals surface area contributed by atoms with Gasteiger partial charge in [-0.2, -0.15) is 0 Å². The van der Waals surface area contributed by atoms with Gasteiger partial charge < -0.3 is 9.64 Å². The lowest BCUT2D eigenvalue weighted by Gasteiger charge is -2.19. The van der Waals surface area contributed by atoms with E-state index in [1.807, 2.05) is 67.6 Å². The molecule has 3 nitrogen and oxygen atoms in total. The average molecular weight is 267 g/mol. The monoisotopic (exact) mass is 267 g/mol. The number of para-hydroxylation sites is 1. The van der Waals surface area contributed by atoms with Gasteiger partial charge in [0.15, 0.2) is 5.60 Å². The third-order valence-electron chi connectivity index (χ3n) is 3.78. The molecule has 20 heavy (non-hydrogen) atoms. The summed E-state index contributed by atoms with van der Waals surface area (Å²) in [6, 6.07) is 19.5. The van der Waals surface area contributed by atoms with Crippen LogP contribution in [0.4, 0.5) is 5.69 Å². The van der Waals surface area contributed by atoms with E-state index in [1.54, 1.807) is 11.9 Å². The van der Waals surface area contributed by atoms with Gasteiger partial charge in [0.25, 0.3) is 5.91 Å². The third kappa shape index (κ3) is 2.10. The number of likely N-dealkylation sites (N-methyl/N-ethyl adjacent to an activating group) is 1. The van der Waals surface area contributed by atoms with Crippen molar-refractivity contribution in [2.45, 2.75) is 18.6 Å². The number of benzene rings is 2. The molecular weight excluding hydrogens is 250 g/mol. The Balaban J connectivity index is 1.79. The van der Waals surface area contributed by atoms with Gasteiger partial charge in [-0.3, -0.25) is 4.79 Å². The maximum absolute atomic E-state index is 12.6. The predicted molar refractivity (Wildman–Crippen MR) is 78.5 cm³/mol. The molecule has 2 atom stereocenters. The van der Waals surface area contributed by atoms with Gasteiger partial charge in [0.05, 0.1) is 0 Å². The van der Waals surface area contributed by atoms with Crippen LogP contribution in [0, 0.1) is 0 Å². The van der Waals surface area contributed by atoms with E-state index >= 15 is 0 Å². The van der Waals surface area contributed by atoms with Gasteiger partial charge in [0.1, 0.15) is 6.10 Å². The number of hydrogen-bond acceptors (Lipinski definition) is 2. The molecule has 1 heterocycles. The molecule has 3 rings (SSSR count). The minimum absolute atomic E-state index is 0.0162. The number of rotatable bonds is 3. The van der Waals surface area contributed by atoms with Crippen LogP contribution < -0.4 is 4.90 Å². The highest BCUT2D eigenvalue weighted by Crippen LogP contribution is 2.50. The first-order chi connectivity index (χ1) is 9.63. The maximum Gasteiger partial charge on any atom is 0.261 e. The van der Waals surface area contributed by atoms with Crippen molar-refractivity contribution in [1.29, 1.82) is 0 Å². The number of anilines is 1. The van der Waals surface area contributed by atoms with E-state index in [0.29, 0.717) is 0 Å². The quantitative estimate of drug-likeness (QED) is 0.800. The lowest BCUT2D eigenvalue weighted by molar-refractivity contribution is -0.122. The Morgan fingerprint density at radius 2 is 1.60 bits per heavy atom. The second kappa shape index (κ2) is 4.76. The van der Waals surface area contributed by atoms with Gasteiger partial charge in [-0.15, -0.1) is 0 Å². The molecule has 3 heteroatoms. The lowest BCUT2D eigenvalue weighted by atomic mass is 10.00. The third-order valence-corrected chi connectivity index (χ3v) is 3.78. The molecule has 0 radical (unpaired) electrons.